The van der Waals surface area contributed by atoms with Crippen molar-refractivity contribution in [2.75, 3.05) is 13.7 Å². The Morgan fingerprint density at radius 1 is 1.22 bits per heavy atom. The maximum atomic E-state index is 11.8. The Bertz CT molecular complexity index is 386. The normalized spacial score (nSPS) is 11.7. The summed E-state index contributed by atoms with van der Waals surface area (Å²) in [4.78, 5) is 23.1. The average Bonchev–Trinajstić information content (AvgIpc) is 2.40. The molecule has 0 N–H and O–H groups in total. The molecule has 1 rings (SSSR count). The smallest absolute Gasteiger partial charge is 0.316 e. The highest BCUT2D eigenvalue weighted by Crippen LogP contribution is 2.12. The first kappa shape index (κ1) is 14.2. The Balaban J connectivity index is 2.38. The lowest BCUT2D eigenvalue weighted by Gasteiger charge is -2.11. The molecule has 0 bridgehead atoms. The summed E-state index contributed by atoms with van der Waals surface area (Å²) in [5.41, 5.74) is 0. The first-order valence-corrected chi connectivity index (χ1v) is 5.97. The van der Waals surface area contributed by atoms with Crippen molar-refractivity contribution in [2.45, 2.75) is 19.8 Å². The first-order chi connectivity index (χ1) is 8.69. The Kier molecular flexibility index (Phi) is 5.91. The van der Waals surface area contributed by atoms with E-state index in [1.54, 1.807) is 6.92 Å². The van der Waals surface area contributed by atoms with E-state index in [2.05, 4.69) is 4.74 Å². The summed E-state index contributed by atoms with van der Waals surface area (Å²) in [6, 6.07) is 9.26. The van der Waals surface area contributed by atoms with Gasteiger partial charge < -0.3 is 9.47 Å². The van der Waals surface area contributed by atoms with Gasteiger partial charge in [0.15, 0.2) is 0 Å². The Morgan fingerprint density at radius 2 is 1.89 bits per heavy atom. The minimum absolute atomic E-state index is 0.139. The van der Waals surface area contributed by atoms with Crippen molar-refractivity contribution in [3.05, 3.63) is 30.3 Å². The van der Waals surface area contributed by atoms with E-state index in [9.17, 15) is 9.59 Å². The molecule has 0 spiro atoms. The van der Waals surface area contributed by atoms with Crippen molar-refractivity contribution in [3.63, 3.8) is 0 Å². The molecule has 0 saturated heterocycles. The summed E-state index contributed by atoms with van der Waals surface area (Å²) in [6.07, 6.45) is 0.666. The number of carbonyl (C=O) groups is 2. The molecule has 4 nitrogen and oxygen atoms in total. The summed E-state index contributed by atoms with van der Waals surface area (Å²) in [5.74, 6) is -0.562. The number of hydrogen-bond acceptors (Lipinski definition) is 4. The van der Waals surface area contributed by atoms with Gasteiger partial charge in [-0.2, -0.15) is 0 Å². The van der Waals surface area contributed by atoms with Gasteiger partial charge in [-0.1, -0.05) is 25.1 Å². The highest BCUT2D eigenvalue weighted by molar-refractivity contribution is 5.98. The second-order valence-electron chi connectivity index (χ2n) is 3.86. The first-order valence-electron chi connectivity index (χ1n) is 5.97. The molecule has 4 heteroatoms. The summed E-state index contributed by atoms with van der Waals surface area (Å²) in [5, 5.41) is 0. The Labute approximate surface area is 107 Å². The predicted octanol–water partition coefficient (Wildman–Crippen LogP) is 2.22. The van der Waals surface area contributed by atoms with E-state index in [0.29, 0.717) is 6.42 Å². The number of ketones is 1. The van der Waals surface area contributed by atoms with Gasteiger partial charge in [0.2, 0.25) is 0 Å². The minimum atomic E-state index is -0.672. The third kappa shape index (κ3) is 4.20. The fourth-order valence-corrected chi connectivity index (χ4v) is 1.63. The van der Waals surface area contributed by atoms with Gasteiger partial charge in [0.25, 0.3) is 0 Å². The zero-order chi connectivity index (χ0) is 13.4. The van der Waals surface area contributed by atoms with Gasteiger partial charge in [-0.25, -0.2) is 0 Å². The monoisotopic (exact) mass is 250 g/mol. The third-order valence-corrected chi connectivity index (χ3v) is 2.64. The second kappa shape index (κ2) is 7.48. The average molecular weight is 250 g/mol. The summed E-state index contributed by atoms with van der Waals surface area (Å²) < 4.78 is 10.0. The van der Waals surface area contributed by atoms with E-state index in [0.717, 1.165) is 5.75 Å². The number of rotatable bonds is 7. The number of ether oxygens (including phenoxy) is 2. The zero-order valence-electron chi connectivity index (χ0n) is 10.7. The van der Waals surface area contributed by atoms with Crippen LogP contribution in [0.25, 0.3) is 0 Å². The van der Waals surface area contributed by atoms with Gasteiger partial charge in [0.05, 0.1) is 13.7 Å². The number of esters is 1. The molecular formula is C14H18O4. The van der Waals surface area contributed by atoms with Crippen LogP contribution in [0.3, 0.4) is 0 Å². The molecule has 0 aliphatic carbocycles. The highest BCUT2D eigenvalue weighted by Gasteiger charge is 2.24. The number of hydrogen-bond donors (Lipinski definition) is 0. The summed E-state index contributed by atoms with van der Waals surface area (Å²) >= 11 is 0. The molecule has 1 unspecified atom stereocenters. The van der Waals surface area contributed by atoms with E-state index >= 15 is 0 Å². The molecular weight excluding hydrogens is 232 g/mol. The Hall–Kier alpha value is -1.84. The maximum absolute atomic E-state index is 11.8. The predicted molar refractivity (Wildman–Crippen MR) is 67.4 cm³/mol. The molecule has 0 heterocycles. The fourth-order valence-electron chi connectivity index (χ4n) is 1.63. The lowest BCUT2D eigenvalue weighted by Crippen LogP contribution is -2.25. The van der Waals surface area contributed by atoms with E-state index in [-0.39, 0.29) is 18.8 Å². The maximum Gasteiger partial charge on any atom is 0.316 e. The molecule has 18 heavy (non-hydrogen) atoms. The number of carbonyl (C=O) groups excluding carboxylic acids is 2. The molecule has 0 aliphatic heterocycles. The number of benzene rings is 1. The molecule has 1 aromatic carbocycles. The van der Waals surface area contributed by atoms with Crippen LogP contribution in [0.15, 0.2) is 30.3 Å². The van der Waals surface area contributed by atoms with E-state index < -0.39 is 11.9 Å². The zero-order valence-corrected chi connectivity index (χ0v) is 10.7. The van der Waals surface area contributed by atoms with E-state index in [1.807, 2.05) is 30.3 Å². The molecule has 0 aliphatic rings. The minimum Gasteiger partial charge on any atom is -0.493 e. The van der Waals surface area contributed by atoms with Crippen molar-refractivity contribution in [1.29, 1.82) is 0 Å². The highest BCUT2D eigenvalue weighted by atomic mass is 16.5. The van der Waals surface area contributed by atoms with Gasteiger partial charge in [-0.05, 0) is 18.6 Å². The van der Waals surface area contributed by atoms with Crippen LogP contribution in [0.5, 0.6) is 5.75 Å². The van der Waals surface area contributed by atoms with Crippen LogP contribution in [0.1, 0.15) is 19.8 Å². The van der Waals surface area contributed by atoms with Crippen LogP contribution in [0.4, 0.5) is 0 Å². The van der Waals surface area contributed by atoms with Crippen LogP contribution in [-0.4, -0.2) is 25.5 Å². The van der Waals surface area contributed by atoms with Crippen LogP contribution in [0, 0.1) is 5.92 Å². The van der Waals surface area contributed by atoms with E-state index in [4.69, 9.17) is 4.74 Å². The molecule has 1 aromatic rings. The van der Waals surface area contributed by atoms with Crippen molar-refractivity contribution in [3.8, 4) is 5.75 Å². The topological polar surface area (TPSA) is 52.6 Å². The number of methoxy groups -OCH3 is 1. The molecule has 1 atom stereocenters. The van der Waals surface area contributed by atoms with Crippen molar-refractivity contribution < 1.29 is 19.1 Å². The number of para-hydroxylation sites is 1. The second-order valence-corrected chi connectivity index (χ2v) is 3.86. The molecule has 0 fully saturated rings. The largest absolute Gasteiger partial charge is 0.493 e. The van der Waals surface area contributed by atoms with Gasteiger partial charge in [0.1, 0.15) is 17.5 Å². The summed E-state index contributed by atoms with van der Waals surface area (Å²) in [6.45, 7) is 2.06. The molecule has 0 saturated carbocycles. The summed E-state index contributed by atoms with van der Waals surface area (Å²) in [7, 11) is 1.29. The van der Waals surface area contributed by atoms with Crippen LogP contribution < -0.4 is 4.74 Å². The Morgan fingerprint density at radius 3 is 2.44 bits per heavy atom. The molecule has 0 aromatic heterocycles. The van der Waals surface area contributed by atoms with Crippen LogP contribution >= 0.6 is 0 Å². The molecule has 98 valence electrons. The fraction of sp³-hybridized carbons (Fsp3) is 0.429. The quantitative estimate of drug-likeness (QED) is 0.550. The molecule has 0 radical (unpaired) electrons. The molecule has 0 amide bonds. The van der Waals surface area contributed by atoms with Gasteiger partial charge in [-0.15, -0.1) is 0 Å². The third-order valence-electron chi connectivity index (χ3n) is 2.64. The van der Waals surface area contributed by atoms with Crippen LogP contribution in [-0.2, 0) is 14.3 Å². The van der Waals surface area contributed by atoms with Crippen molar-refractivity contribution in [2.24, 2.45) is 5.92 Å². The van der Waals surface area contributed by atoms with Gasteiger partial charge in [0, 0.05) is 6.42 Å². The van der Waals surface area contributed by atoms with Gasteiger partial charge >= 0.3 is 5.97 Å². The lowest BCUT2D eigenvalue weighted by atomic mass is 9.99. The van der Waals surface area contributed by atoms with Crippen molar-refractivity contribution in [1.82, 2.24) is 0 Å². The van der Waals surface area contributed by atoms with Crippen molar-refractivity contribution >= 4 is 11.8 Å². The standard InChI is InChI=1S/C14H18O4/c1-3-12(14(16)17-2)13(15)9-10-18-11-7-5-4-6-8-11/h4-8,12H,3,9-10H2,1-2H3. The van der Waals surface area contributed by atoms with Gasteiger partial charge in [-0.3, -0.25) is 9.59 Å². The SMILES string of the molecule is CCC(C(=O)CCOc1ccccc1)C(=O)OC. The number of Topliss-reactive ketones (excluding diaryl/α,β-unsaturated/α-hetero) is 1. The lowest BCUT2D eigenvalue weighted by molar-refractivity contribution is -0.149. The van der Waals surface area contributed by atoms with Crippen LogP contribution in [0.2, 0.25) is 0 Å². The van der Waals surface area contributed by atoms with E-state index in [1.165, 1.54) is 7.11 Å².